The number of hydrogen-bond acceptors (Lipinski definition) is 4. The number of aliphatic hydroxyl groups is 1. The van der Waals surface area contributed by atoms with E-state index in [4.69, 9.17) is 4.98 Å². The molecule has 0 fully saturated rings. The molecule has 48 heavy (non-hydrogen) atoms. The zero-order valence-electron chi connectivity index (χ0n) is 29.1. The van der Waals surface area contributed by atoms with Gasteiger partial charge >= 0.3 is 0 Å². The summed E-state index contributed by atoms with van der Waals surface area (Å²) in [5.41, 5.74) is 9.66. The van der Waals surface area contributed by atoms with E-state index in [1.54, 1.807) is 0 Å². The maximum absolute atomic E-state index is 11.2. The van der Waals surface area contributed by atoms with Crippen molar-refractivity contribution in [2.45, 2.75) is 77.5 Å². The SMILES string of the molecule is CC(C)(C)Cc1cc(-c2[c-]ccc3c2-c2ccccc2-c2ccccc2S3)nc2ccccc12.CC(C)CC(=O)/C=C(\O)CC(C)C.[Ir]. The van der Waals surface area contributed by atoms with Gasteiger partial charge in [0.15, 0.2) is 5.78 Å². The first-order chi connectivity index (χ1) is 22.4. The number of hydrogen-bond donors (Lipinski definition) is 1. The fourth-order valence-electron chi connectivity index (χ4n) is 6.08. The predicted molar refractivity (Wildman–Crippen MR) is 199 cm³/mol. The fraction of sp³-hybridized carbons (Fsp3) is 0.302. The Balaban J connectivity index is 0.000000319. The summed E-state index contributed by atoms with van der Waals surface area (Å²) in [5.74, 6) is 0.979. The van der Waals surface area contributed by atoms with E-state index in [1.165, 1.54) is 49.1 Å². The Morgan fingerprint density at radius 3 is 2.15 bits per heavy atom. The normalized spacial score (nSPS) is 12.3. The molecule has 0 saturated heterocycles. The third-order valence-corrected chi connectivity index (χ3v) is 9.02. The van der Waals surface area contributed by atoms with Crippen molar-refractivity contribution >= 4 is 28.4 Å². The summed E-state index contributed by atoms with van der Waals surface area (Å²) in [4.78, 5) is 18.9. The summed E-state index contributed by atoms with van der Waals surface area (Å²) in [6.45, 7) is 14.9. The number of carbonyl (C=O) groups is 1. The van der Waals surface area contributed by atoms with Gasteiger partial charge in [0.1, 0.15) is 0 Å². The van der Waals surface area contributed by atoms with Gasteiger partial charge in [-0.15, -0.1) is 35.5 Å². The molecule has 0 saturated carbocycles. The first-order valence-corrected chi connectivity index (χ1v) is 17.4. The third kappa shape index (κ3) is 9.35. The molecule has 1 N–H and O–H groups in total. The molecule has 0 unspecified atom stereocenters. The molecule has 0 amide bonds. The van der Waals surface area contributed by atoms with Crippen molar-refractivity contribution in [1.82, 2.24) is 4.98 Å². The molecule has 3 nitrogen and oxygen atoms in total. The maximum Gasteiger partial charge on any atom is 0.159 e. The Labute approximate surface area is 304 Å². The molecule has 0 atom stereocenters. The smallest absolute Gasteiger partial charge is 0.159 e. The van der Waals surface area contributed by atoms with E-state index >= 15 is 0 Å². The van der Waals surface area contributed by atoms with Gasteiger partial charge in [-0.25, -0.2) is 0 Å². The minimum Gasteiger partial charge on any atom is -0.512 e. The van der Waals surface area contributed by atoms with Gasteiger partial charge in [-0.3, -0.25) is 9.78 Å². The van der Waals surface area contributed by atoms with Crippen molar-refractivity contribution in [1.29, 1.82) is 0 Å². The number of nitrogens with zero attached hydrogens (tertiary/aromatic N) is 1. The summed E-state index contributed by atoms with van der Waals surface area (Å²) in [5, 5.41) is 10.6. The zero-order valence-corrected chi connectivity index (χ0v) is 32.3. The van der Waals surface area contributed by atoms with Crippen LogP contribution in [0.1, 0.15) is 66.9 Å². The monoisotopic (exact) mass is 833 g/mol. The van der Waals surface area contributed by atoms with Crippen LogP contribution in [0.25, 0.3) is 44.4 Å². The topological polar surface area (TPSA) is 50.2 Å². The molecule has 5 heteroatoms. The van der Waals surface area contributed by atoms with Crippen LogP contribution in [0.5, 0.6) is 0 Å². The van der Waals surface area contributed by atoms with Crippen molar-refractivity contribution in [3.63, 3.8) is 0 Å². The Hall–Kier alpha value is -3.50. The van der Waals surface area contributed by atoms with Crippen LogP contribution in [0, 0.1) is 23.3 Å². The largest absolute Gasteiger partial charge is 0.512 e. The number of para-hydroxylation sites is 1. The van der Waals surface area contributed by atoms with Crippen molar-refractivity contribution in [2.24, 2.45) is 17.3 Å². The standard InChI is InChI=1S/C32H26NS.C11H20O2.Ir/c1-32(2,3)20-21-19-28(33-27-16-8-6-11-22(21)27)26-15-10-18-30-31(26)25-14-5-4-12-23(25)24-13-7-9-17-29(24)34-30;1-8(2)5-10(12)7-11(13)6-9(3)4;/h4-14,16-19H,20H2,1-3H3;7-9,12H,5-6H2,1-4H3;/q-1;;/b;10-7-;. The molecule has 0 bridgehead atoms. The van der Waals surface area contributed by atoms with Crippen LogP contribution in [0.3, 0.4) is 0 Å². The molecule has 1 aliphatic rings. The molecule has 0 spiro atoms. The molecule has 1 radical (unpaired) electrons. The number of aliphatic hydroxyl groups excluding tert-OH is 1. The number of ketones is 1. The van der Waals surface area contributed by atoms with E-state index in [-0.39, 0.29) is 37.1 Å². The molecular weight excluding hydrogens is 787 g/mol. The number of pyridine rings is 1. The minimum atomic E-state index is 0. The summed E-state index contributed by atoms with van der Waals surface area (Å²) < 4.78 is 0. The van der Waals surface area contributed by atoms with Crippen LogP contribution in [0.2, 0.25) is 0 Å². The van der Waals surface area contributed by atoms with Crippen molar-refractivity contribution < 1.29 is 30.0 Å². The van der Waals surface area contributed by atoms with Crippen LogP contribution >= 0.6 is 11.8 Å². The van der Waals surface area contributed by atoms with Gasteiger partial charge < -0.3 is 5.11 Å². The number of carbonyl (C=O) groups excluding carboxylic acids is 1. The average molecular weight is 833 g/mol. The fourth-order valence-corrected chi connectivity index (χ4v) is 7.21. The van der Waals surface area contributed by atoms with Gasteiger partial charge in [0.2, 0.25) is 0 Å². The van der Waals surface area contributed by atoms with Gasteiger partial charge in [-0.1, -0.05) is 131 Å². The van der Waals surface area contributed by atoms with E-state index in [0.717, 1.165) is 23.2 Å². The summed E-state index contributed by atoms with van der Waals surface area (Å²) >= 11 is 1.84. The average Bonchev–Trinajstić information content (AvgIpc) is 3.14. The number of benzene rings is 4. The van der Waals surface area contributed by atoms with Crippen LogP contribution in [0.15, 0.2) is 113 Å². The van der Waals surface area contributed by atoms with E-state index in [9.17, 15) is 9.90 Å². The predicted octanol–water partition coefficient (Wildman–Crippen LogP) is 12.2. The molecule has 5 aromatic rings. The zero-order chi connectivity index (χ0) is 33.7. The second-order valence-corrected chi connectivity index (χ2v) is 15.5. The van der Waals surface area contributed by atoms with Crippen molar-refractivity contribution in [3.8, 4) is 33.5 Å². The van der Waals surface area contributed by atoms with Crippen LogP contribution in [0.4, 0.5) is 0 Å². The second-order valence-electron chi connectivity index (χ2n) is 14.5. The molecule has 1 aromatic heterocycles. The first-order valence-electron chi connectivity index (χ1n) is 16.6. The van der Waals surface area contributed by atoms with Crippen LogP contribution < -0.4 is 0 Å². The molecule has 0 aliphatic carbocycles. The van der Waals surface area contributed by atoms with Gasteiger partial charge in [0, 0.05) is 49.3 Å². The van der Waals surface area contributed by atoms with Gasteiger partial charge in [-0.2, -0.15) is 0 Å². The first kappa shape index (κ1) is 37.3. The van der Waals surface area contributed by atoms with Crippen LogP contribution in [-0.4, -0.2) is 15.9 Å². The Kier molecular flexibility index (Phi) is 12.6. The third-order valence-electron chi connectivity index (χ3n) is 7.89. The number of fused-ring (bicyclic) bond motifs is 6. The second kappa shape index (κ2) is 16.3. The van der Waals surface area contributed by atoms with E-state index in [2.05, 4.69) is 118 Å². The Bertz CT molecular complexity index is 1920. The Morgan fingerprint density at radius 1 is 0.833 bits per heavy atom. The quantitative estimate of drug-likeness (QED) is 0.0989. The van der Waals surface area contributed by atoms with Crippen LogP contribution in [-0.2, 0) is 31.3 Å². The number of allylic oxidation sites excluding steroid dienone is 2. The van der Waals surface area contributed by atoms with Gasteiger partial charge in [0.05, 0.1) is 11.3 Å². The molecule has 4 aromatic carbocycles. The number of aromatic nitrogens is 1. The molecule has 251 valence electrons. The summed E-state index contributed by atoms with van der Waals surface area (Å²) in [6, 6.07) is 36.1. The molecule has 1 aliphatic heterocycles. The van der Waals surface area contributed by atoms with E-state index in [1.807, 2.05) is 39.5 Å². The Morgan fingerprint density at radius 2 is 1.46 bits per heavy atom. The van der Waals surface area contributed by atoms with Gasteiger partial charge in [-0.05, 0) is 58.2 Å². The molecule has 2 heterocycles. The molecule has 6 rings (SSSR count). The van der Waals surface area contributed by atoms with Crippen molar-refractivity contribution in [3.05, 3.63) is 114 Å². The minimum absolute atomic E-state index is 0. The van der Waals surface area contributed by atoms with Crippen molar-refractivity contribution in [2.75, 3.05) is 0 Å². The summed E-state index contributed by atoms with van der Waals surface area (Å²) in [6.07, 6.45) is 3.46. The van der Waals surface area contributed by atoms with E-state index < -0.39 is 0 Å². The number of rotatable bonds is 7. The van der Waals surface area contributed by atoms with Gasteiger partial charge in [0.25, 0.3) is 0 Å². The van der Waals surface area contributed by atoms with E-state index in [0.29, 0.717) is 24.7 Å². The molecular formula is C43H46IrNO2S-. The maximum atomic E-state index is 11.2. The summed E-state index contributed by atoms with van der Waals surface area (Å²) in [7, 11) is 0.